The zero-order valence-corrected chi connectivity index (χ0v) is 19.2. The zero-order chi connectivity index (χ0) is 23.1. The lowest BCUT2D eigenvalue weighted by atomic mass is 9.81. The topological polar surface area (TPSA) is 96.8 Å². The van der Waals surface area contributed by atoms with E-state index in [1.54, 1.807) is 32.9 Å². The van der Waals surface area contributed by atoms with Crippen LogP contribution in [0.2, 0.25) is 0 Å². The Hall–Kier alpha value is -2.54. The lowest BCUT2D eigenvalue weighted by Gasteiger charge is -2.37. The van der Waals surface area contributed by atoms with Crippen molar-refractivity contribution in [2.45, 2.75) is 77.7 Å². The Morgan fingerprint density at radius 2 is 2.10 bits per heavy atom. The van der Waals surface area contributed by atoms with Crippen LogP contribution in [-0.2, 0) is 16.1 Å². The highest BCUT2D eigenvalue weighted by atomic mass is 16.7. The van der Waals surface area contributed by atoms with E-state index in [4.69, 9.17) is 19.8 Å². The summed E-state index contributed by atoms with van der Waals surface area (Å²) < 4.78 is 10.4. The molecule has 1 aromatic rings. The van der Waals surface area contributed by atoms with E-state index in [0.29, 0.717) is 24.8 Å². The van der Waals surface area contributed by atoms with Gasteiger partial charge in [-0.1, -0.05) is 37.2 Å². The second-order valence-electron chi connectivity index (χ2n) is 9.41. The van der Waals surface area contributed by atoms with Gasteiger partial charge in [0.05, 0.1) is 18.2 Å². The summed E-state index contributed by atoms with van der Waals surface area (Å²) in [4.78, 5) is 20.9. The lowest BCUT2D eigenvalue weighted by molar-refractivity contribution is -0.195. The standard InChI is InChI=1S/C23H34N4O4/c1-7-12-23(13-17(2)3)14-20(15-25-26-24)31-27(23)16-18-8-10-19(11-9-18)29-21(28)30-22(4,5)6/h7-11,17,20H,1,12-16H2,2-6H3/t20-,23-/m1/s1. The molecule has 1 saturated heterocycles. The minimum Gasteiger partial charge on any atom is -0.428 e. The van der Waals surface area contributed by atoms with E-state index in [0.717, 1.165) is 24.8 Å². The van der Waals surface area contributed by atoms with Crippen LogP contribution >= 0.6 is 0 Å². The highest BCUT2D eigenvalue weighted by Crippen LogP contribution is 2.41. The number of hydrogen-bond donors (Lipinski definition) is 0. The summed E-state index contributed by atoms with van der Waals surface area (Å²) in [5.41, 5.74) is 8.88. The highest BCUT2D eigenvalue weighted by molar-refractivity contribution is 5.64. The second kappa shape index (κ2) is 10.7. The number of azide groups is 1. The molecular formula is C23H34N4O4. The van der Waals surface area contributed by atoms with E-state index in [9.17, 15) is 4.79 Å². The van der Waals surface area contributed by atoms with Crippen LogP contribution in [0.3, 0.4) is 0 Å². The summed E-state index contributed by atoms with van der Waals surface area (Å²) in [5, 5.41) is 5.72. The molecule has 0 radical (unpaired) electrons. The van der Waals surface area contributed by atoms with Crippen molar-refractivity contribution in [1.29, 1.82) is 0 Å². The SMILES string of the molecule is C=CC[C@@]1(CC(C)C)C[C@H](CN=[N+]=[N-])ON1Cc1ccc(OC(=O)OC(C)(C)C)cc1. The third-order valence-electron chi connectivity index (χ3n) is 4.91. The number of benzene rings is 1. The molecule has 1 heterocycles. The summed E-state index contributed by atoms with van der Waals surface area (Å²) in [6.07, 6.45) is 3.52. The molecule has 0 saturated carbocycles. The molecule has 0 unspecified atom stereocenters. The lowest BCUT2D eigenvalue weighted by Crippen LogP contribution is -2.43. The summed E-state index contributed by atoms with van der Waals surface area (Å²) >= 11 is 0. The molecule has 8 nitrogen and oxygen atoms in total. The van der Waals surface area contributed by atoms with Gasteiger partial charge in [-0.3, -0.25) is 4.84 Å². The Balaban J connectivity index is 2.14. The van der Waals surface area contributed by atoms with Crippen molar-refractivity contribution in [3.8, 4) is 5.75 Å². The van der Waals surface area contributed by atoms with Crippen LogP contribution in [0.4, 0.5) is 4.79 Å². The van der Waals surface area contributed by atoms with E-state index in [2.05, 4.69) is 30.5 Å². The predicted molar refractivity (Wildman–Crippen MR) is 119 cm³/mol. The van der Waals surface area contributed by atoms with Gasteiger partial charge in [-0.25, -0.2) is 4.79 Å². The summed E-state index contributed by atoms with van der Waals surface area (Å²) in [7, 11) is 0. The van der Waals surface area contributed by atoms with Gasteiger partial charge < -0.3 is 9.47 Å². The van der Waals surface area contributed by atoms with Crippen molar-refractivity contribution in [3.05, 3.63) is 52.9 Å². The molecule has 0 bridgehead atoms. The third kappa shape index (κ3) is 7.58. The Morgan fingerprint density at radius 1 is 1.42 bits per heavy atom. The van der Waals surface area contributed by atoms with E-state index >= 15 is 0 Å². The van der Waals surface area contributed by atoms with Crippen LogP contribution in [0.5, 0.6) is 5.75 Å². The van der Waals surface area contributed by atoms with Crippen molar-refractivity contribution < 1.29 is 19.1 Å². The third-order valence-corrected chi connectivity index (χ3v) is 4.91. The number of ether oxygens (including phenoxy) is 2. The van der Waals surface area contributed by atoms with Crippen molar-refractivity contribution in [1.82, 2.24) is 5.06 Å². The number of hydroxylamine groups is 2. The smallest absolute Gasteiger partial charge is 0.428 e. The van der Waals surface area contributed by atoms with Crippen molar-refractivity contribution >= 4 is 6.16 Å². The zero-order valence-electron chi connectivity index (χ0n) is 19.2. The predicted octanol–water partition coefficient (Wildman–Crippen LogP) is 6.18. The molecule has 1 aromatic carbocycles. The molecule has 0 spiro atoms. The quantitative estimate of drug-likeness (QED) is 0.116. The minimum absolute atomic E-state index is 0.163. The summed E-state index contributed by atoms with van der Waals surface area (Å²) in [6, 6.07) is 7.28. The largest absolute Gasteiger partial charge is 0.514 e. The van der Waals surface area contributed by atoms with Crippen LogP contribution in [0.1, 0.15) is 59.4 Å². The van der Waals surface area contributed by atoms with E-state index in [1.807, 2.05) is 23.3 Å². The Labute approximate surface area is 184 Å². The van der Waals surface area contributed by atoms with Crippen LogP contribution < -0.4 is 4.74 Å². The van der Waals surface area contributed by atoms with Crippen LogP contribution in [0, 0.1) is 5.92 Å². The first kappa shape index (κ1) is 24.7. The Morgan fingerprint density at radius 3 is 2.65 bits per heavy atom. The average molecular weight is 431 g/mol. The van der Waals surface area contributed by atoms with Crippen LogP contribution in [0.25, 0.3) is 10.4 Å². The minimum atomic E-state index is -0.731. The molecule has 2 atom stereocenters. The van der Waals surface area contributed by atoms with Crippen LogP contribution in [-0.4, -0.2) is 35.0 Å². The normalized spacial score (nSPS) is 21.5. The maximum atomic E-state index is 11.9. The number of carbonyl (C=O) groups is 1. The maximum absolute atomic E-state index is 11.9. The van der Waals surface area contributed by atoms with E-state index < -0.39 is 11.8 Å². The summed E-state index contributed by atoms with van der Waals surface area (Å²) in [6.45, 7) is 14.5. The van der Waals surface area contributed by atoms with Gasteiger partial charge in [-0.15, -0.1) is 6.58 Å². The van der Waals surface area contributed by atoms with Gasteiger partial charge in [0.1, 0.15) is 11.4 Å². The van der Waals surface area contributed by atoms with Gasteiger partial charge in [0.2, 0.25) is 0 Å². The average Bonchev–Trinajstić information content (AvgIpc) is 2.96. The van der Waals surface area contributed by atoms with Gasteiger partial charge in [-0.05, 0) is 69.2 Å². The van der Waals surface area contributed by atoms with Crippen LogP contribution in [0.15, 0.2) is 42.0 Å². The van der Waals surface area contributed by atoms with Gasteiger partial charge >= 0.3 is 6.16 Å². The van der Waals surface area contributed by atoms with E-state index in [1.165, 1.54) is 0 Å². The fourth-order valence-corrected chi connectivity index (χ4v) is 3.96. The molecule has 31 heavy (non-hydrogen) atoms. The molecule has 0 aromatic heterocycles. The van der Waals surface area contributed by atoms with Gasteiger partial charge in [0.15, 0.2) is 0 Å². The number of carbonyl (C=O) groups excluding carboxylic acids is 1. The monoisotopic (exact) mass is 430 g/mol. The fourth-order valence-electron chi connectivity index (χ4n) is 3.96. The number of rotatable bonds is 9. The van der Waals surface area contributed by atoms with Crippen molar-refractivity contribution in [3.63, 3.8) is 0 Å². The summed E-state index contributed by atoms with van der Waals surface area (Å²) in [5.74, 6) is 0.884. The van der Waals surface area contributed by atoms with Crippen molar-refractivity contribution in [2.24, 2.45) is 11.0 Å². The first-order chi connectivity index (χ1) is 14.6. The second-order valence-corrected chi connectivity index (χ2v) is 9.41. The van der Waals surface area contributed by atoms with Gasteiger partial charge in [0, 0.05) is 11.5 Å². The molecular weight excluding hydrogens is 396 g/mol. The van der Waals surface area contributed by atoms with Gasteiger partial charge in [0.25, 0.3) is 0 Å². The maximum Gasteiger partial charge on any atom is 0.514 e. The Kier molecular flexibility index (Phi) is 8.51. The molecule has 0 N–H and O–H groups in total. The Bertz CT molecular complexity index is 797. The molecule has 8 heteroatoms. The molecule has 1 fully saturated rings. The van der Waals surface area contributed by atoms with E-state index in [-0.39, 0.29) is 11.6 Å². The number of hydrogen-bond acceptors (Lipinski definition) is 6. The molecule has 2 rings (SSSR count). The fraction of sp³-hybridized carbons (Fsp3) is 0.609. The molecule has 0 amide bonds. The molecule has 1 aliphatic rings. The highest BCUT2D eigenvalue weighted by Gasteiger charge is 2.46. The molecule has 1 aliphatic heterocycles. The first-order valence-electron chi connectivity index (χ1n) is 10.6. The first-order valence-corrected chi connectivity index (χ1v) is 10.6. The molecule has 170 valence electrons. The van der Waals surface area contributed by atoms with Gasteiger partial charge in [-0.2, -0.15) is 5.06 Å². The molecule has 0 aliphatic carbocycles. The number of nitrogens with zero attached hydrogens (tertiary/aromatic N) is 4. The van der Waals surface area contributed by atoms with Crippen molar-refractivity contribution in [2.75, 3.05) is 6.54 Å².